The van der Waals surface area contributed by atoms with Gasteiger partial charge in [-0.15, -0.1) is 0 Å². The molecule has 0 N–H and O–H groups in total. The molecule has 0 spiro atoms. The maximum atomic E-state index is 12.3. The third-order valence-electron chi connectivity index (χ3n) is 4.24. The number of ketones is 1. The Kier molecular flexibility index (Phi) is 3.89. The number of benzene rings is 2. The van der Waals surface area contributed by atoms with Gasteiger partial charge in [-0.2, -0.15) is 0 Å². The molecule has 1 fully saturated rings. The van der Waals surface area contributed by atoms with Gasteiger partial charge in [0.15, 0.2) is 0 Å². The van der Waals surface area contributed by atoms with Crippen LogP contribution in [0.5, 0.6) is 0 Å². The summed E-state index contributed by atoms with van der Waals surface area (Å²) in [6, 6.07) is 18.3. The molecule has 1 saturated heterocycles. The predicted molar refractivity (Wildman–Crippen MR) is 83.0 cm³/mol. The lowest BCUT2D eigenvalue weighted by Crippen LogP contribution is -2.31. The van der Waals surface area contributed by atoms with E-state index in [-0.39, 0.29) is 23.9 Å². The number of carbonyl (C=O) groups excluding carboxylic acids is 1. The lowest BCUT2D eigenvalue weighted by atomic mass is 9.86. The van der Waals surface area contributed by atoms with Crippen molar-refractivity contribution in [2.75, 3.05) is 0 Å². The third kappa shape index (κ3) is 2.91. The molecule has 0 unspecified atom stereocenters. The fourth-order valence-corrected chi connectivity index (χ4v) is 2.87. The van der Waals surface area contributed by atoms with Crippen molar-refractivity contribution < 1.29 is 9.53 Å². The van der Waals surface area contributed by atoms with Crippen LogP contribution in [-0.4, -0.2) is 5.78 Å². The van der Waals surface area contributed by atoms with Crippen LogP contribution in [0.15, 0.2) is 54.6 Å². The van der Waals surface area contributed by atoms with Crippen LogP contribution < -0.4 is 0 Å². The first-order valence-corrected chi connectivity index (χ1v) is 7.45. The van der Waals surface area contributed by atoms with E-state index in [0.717, 1.165) is 11.1 Å². The average molecular weight is 280 g/mol. The Balaban J connectivity index is 1.89. The number of carbonyl (C=O) groups is 1. The van der Waals surface area contributed by atoms with Crippen LogP contribution >= 0.6 is 0 Å². The van der Waals surface area contributed by atoms with Crippen molar-refractivity contribution in [3.63, 3.8) is 0 Å². The van der Waals surface area contributed by atoms with E-state index >= 15 is 0 Å². The maximum absolute atomic E-state index is 12.3. The van der Waals surface area contributed by atoms with Crippen molar-refractivity contribution in [3.05, 3.63) is 71.3 Å². The molecule has 1 aliphatic heterocycles. The molecule has 0 saturated carbocycles. The minimum atomic E-state index is -0.156. The van der Waals surface area contributed by atoms with Gasteiger partial charge in [0.2, 0.25) is 0 Å². The molecular formula is C19H20O2. The highest BCUT2D eigenvalue weighted by atomic mass is 16.5. The van der Waals surface area contributed by atoms with Crippen LogP contribution in [0.3, 0.4) is 0 Å². The van der Waals surface area contributed by atoms with Gasteiger partial charge >= 0.3 is 0 Å². The number of rotatable bonds is 2. The topological polar surface area (TPSA) is 26.3 Å². The van der Waals surface area contributed by atoms with Gasteiger partial charge in [-0.25, -0.2) is 0 Å². The Morgan fingerprint density at radius 2 is 1.62 bits per heavy atom. The van der Waals surface area contributed by atoms with Gasteiger partial charge < -0.3 is 4.74 Å². The van der Waals surface area contributed by atoms with Crippen molar-refractivity contribution in [2.24, 2.45) is 5.92 Å². The number of hydrogen-bond acceptors (Lipinski definition) is 2. The molecule has 2 aromatic carbocycles. The molecule has 0 aliphatic carbocycles. The molecule has 2 aromatic rings. The van der Waals surface area contributed by atoms with Crippen LogP contribution in [0, 0.1) is 12.8 Å². The van der Waals surface area contributed by atoms with Gasteiger partial charge in [0.05, 0.1) is 12.2 Å². The number of hydrogen-bond donors (Lipinski definition) is 0. The van der Waals surface area contributed by atoms with Gasteiger partial charge in [-0.1, -0.05) is 67.1 Å². The summed E-state index contributed by atoms with van der Waals surface area (Å²) in [5.41, 5.74) is 3.38. The molecule has 108 valence electrons. The monoisotopic (exact) mass is 280 g/mol. The molecular weight excluding hydrogens is 260 g/mol. The minimum Gasteiger partial charge on any atom is -0.364 e. The predicted octanol–water partition coefficient (Wildman–Crippen LogP) is 4.40. The van der Waals surface area contributed by atoms with E-state index in [4.69, 9.17) is 4.74 Å². The van der Waals surface area contributed by atoms with E-state index < -0.39 is 0 Å². The molecule has 0 aromatic heterocycles. The van der Waals surface area contributed by atoms with Gasteiger partial charge in [0.25, 0.3) is 0 Å². The Labute approximate surface area is 125 Å². The molecule has 1 heterocycles. The first kappa shape index (κ1) is 14.0. The zero-order valence-corrected chi connectivity index (χ0v) is 12.5. The van der Waals surface area contributed by atoms with E-state index in [1.54, 1.807) is 0 Å². The Hall–Kier alpha value is -1.93. The van der Waals surface area contributed by atoms with E-state index in [0.29, 0.717) is 6.42 Å². The van der Waals surface area contributed by atoms with Gasteiger partial charge in [0.1, 0.15) is 5.78 Å². The summed E-state index contributed by atoms with van der Waals surface area (Å²) in [6.07, 6.45) is 0.173. The standard InChI is InChI=1S/C19H20O2/c1-13-8-10-16(11-9-13)19-14(2)17(20)12-18(21-19)15-6-4-3-5-7-15/h3-11,14,18-19H,12H2,1-2H3/t14-,18-,19+/m0/s1. The Morgan fingerprint density at radius 1 is 0.952 bits per heavy atom. The zero-order chi connectivity index (χ0) is 14.8. The number of aryl methyl sites for hydroxylation is 1. The lowest BCUT2D eigenvalue weighted by Gasteiger charge is -2.34. The number of ether oxygens (including phenoxy) is 1. The second-order valence-electron chi connectivity index (χ2n) is 5.83. The molecule has 2 nitrogen and oxygen atoms in total. The lowest BCUT2D eigenvalue weighted by molar-refractivity contribution is -0.146. The normalized spacial score (nSPS) is 25.8. The molecule has 3 rings (SSSR count). The van der Waals surface area contributed by atoms with Crippen molar-refractivity contribution in [1.82, 2.24) is 0 Å². The zero-order valence-electron chi connectivity index (χ0n) is 12.5. The molecule has 0 amide bonds. The fourth-order valence-electron chi connectivity index (χ4n) is 2.87. The van der Waals surface area contributed by atoms with E-state index in [1.807, 2.05) is 37.3 Å². The quantitative estimate of drug-likeness (QED) is 0.815. The van der Waals surface area contributed by atoms with Crippen molar-refractivity contribution >= 4 is 5.78 Å². The fraction of sp³-hybridized carbons (Fsp3) is 0.316. The van der Waals surface area contributed by atoms with Gasteiger partial charge in [0, 0.05) is 12.3 Å². The van der Waals surface area contributed by atoms with Crippen molar-refractivity contribution in [3.8, 4) is 0 Å². The summed E-state index contributed by atoms with van der Waals surface area (Å²) in [5.74, 6) is 0.188. The molecule has 2 heteroatoms. The summed E-state index contributed by atoms with van der Waals surface area (Å²) in [6.45, 7) is 4.03. The summed E-state index contributed by atoms with van der Waals surface area (Å²) in [5, 5.41) is 0. The third-order valence-corrected chi connectivity index (χ3v) is 4.24. The van der Waals surface area contributed by atoms with Crippen LogP contribution in [0.4, 0.5) is 0 Å². The summed E-state index contributed by atoms with van der Waals surface area (Å²) >= 11 is 0. The van der Waals surface area contributed by atoms with Crippen LogP contribution in [0.1, 0.15) is 42.2 Å². The first-order valence-electron chi connectivity index (χ1n) is 7.45. The SMILES string of the molecule is Cc1ccc([C@@H]2O[C@H](c3ccccc3)CC(=O)[C@@H]2C)cc1. The van der Waals surface area contributed by atoms with Crippen LogP contribution in [-0.2, 0) is 9.53 Å². The smallest absolute Gasteiger partial charge is 0.141 e. The second-order valence-corrected chi connectivity index (χ2v) is 5.83. The minimum absolute atomic E-state index is 0.0901. The van der Waals surface area contributed by atoms with E-state index in [1.165, 1.54) is 5.56 Å². The Bertz CT molecular complexity index is 616. The Morgan fingerprint density at radius 3 is 2.29 bits per heavy atom. The van der Waals surface area contributed by atoms with Crippen molar-refractivity contribution in [1.29, 1.82) is 0 Å². The molecule has 3 atom stereocenters. The highest BCUT2D eigenvalue weighted by molar-refractivity contribution is 5.82. The van der Waals surface area contributed by atoms with Crippen molar-refractivity contribution in [2.45, 2.75) is 32.5 Å². The number of Topliss-reactive ketones (excluding diaryl/α,β-unsaturated/α-hetero) is 1. The average Bonchev–Trinajstić information content (AvgIpc) is 2.52. The van der Waals surface area contributed by atoms with E-state index in [9.17, 15) is 4.79 Å². The van der Waals surface area contributed by atoms with E-state index in [2.05, 4.69) is 31.2 Å². The van der Waals surface area contributed by atoms with Crippen LogP contribution in [0.2, 0.25) is 0 Å². The molecule has 1 aliphatic rings. The second kappa shape index (κ2) is 5.82. The van der Waals surface area contributed by atoms with Crippen LogP contribution in [0.25, 0.3) is 0 Å². The largest absolute Gasteiger partial charge is 0.364 e. The molecule has 0 bridgehead atoms. The first-order chi connectivity index (χ1) is 10.1. The summed E-state index contributed by atoms with van der Waals surface area (Å²) < 4.78 is 6.26. The summed E-state index contributed by atoms with van der Waals surface area (Å²) in [4.78, 5) is 12.3. The van der Waals surface area contributed by atoms with Gasteiger partial charge in [-0.05, 0) is 18.1 Å². The maximum Gasteiger partial charge on any atom is 0.141 e. The van der Waals surface area contributed by atoms with Gasteiger partial charge in [-0.3, -0.25) is 4.79 Å². The highest BCUT2D eigenvalue weighted by Gasteiger charge is 2.36. The molecule has 21 heavy (non-hydrogen) atoms. The highest BCUT2D eigenvalue weighted by Crippen LogP contribution is 2.40. The summed E-state index contributed by atoms with van der Waals surface area (Å²) in [7, 11) is 0. The molecule has 0 radical (unpaired) electrons.